The number of ether oxygens (including phenoxy) is 2. The van der Waals surface area contributed by atoms with E-state index in [1.165, 1.54) is 0 Å². The van der Waals surface area contributed by atoms with Gasteiger partial charge in [0.1, 0.15) is 36.6 Å². The number of amidine groups is 1. The summed E-state index contributed by atoms with van der Waals surface area (Å²) in [6, 6.07) is -1.98. The van der Waals surface area contributed by atoms with Gasteiger partial charge in [0, 0.05) is 13.0 Å². The van der Waals surface area contributed by atoms with Crippen molar-refractivity contribution in [2.45, 2.75) is 61.5 Å². The van der Waals surface area contributed by atoms with E-state index in [1.807, 2.05) is 5.32 Å². The summed E-state index contributed by atoms with van der Waals surface area (Å²) in [5.74, 6) is -1.60. The molecule has 41 heavy (non-hydrogen) atoms. The molecule has 3 saturated heterocycles. The van der Waals surface area contributed by atoms with Crippen LogP contribution < -0.4 is 17.2 Å². The molecule has 228 valence electrons. The third-order valence-corrected chi connectivity index (χ3v) is 7.67. The molecule has 22 heteroatoms. The van der Waals surface area contributed by atoms with Gasteiger partial charge < -0.3 is 46.7 Å². The Kier molecular flexibility index (Phi) is 8.87. The Balaban J connectivity index is 0.00000387. The number of guanidine groups is 1. The number of carbonyl (C=O) groups is 3. The maximum absolute atomic E-state index is 12.7. The fourth-order valence-electron chi connectivity index (χ4n) is 4.73. The van der Waals surface area contributed by atoms with Gasteiger partial charge in [0.05, 0.1) is 19.6 Å². The molecule has 10 atom stereocenters. The van der Waals surface area contributed by atoms with Gasteiger partial charge in [-0.3, -0.25) is 38.7 Å². The first-order valence-corrected chi connectivity index (χ1v) is 13.4. The van der Waals surface area contributed by atoms with Gasteiger partial charge in [0.2, 0.25) is 11.9 Å². The topological polar surface area (TPSA) is 323 Å². The Morgan fingerprint density at radius 3 is 2.49 bits per heavy atom. The molecule has 0 aromatic carbocycles. The van der Waals surface area contributed by atoms with Gasteiger partial charge in [-0.1, -0.05) is 0 Å². The fraction of sp³-hybridized carbons (Fsp3) is 0.684. The van der Waals surface area contributed by atoms with Crippen molar-refractivity contribution in [3.63, 3.8) is 0 Å². The zero-order chi connectivity index (χ0) is 28.9. The van der Waals surface area contributed by atoms with Gasteiger partial charge in [0.25, 0.3) is 5.91 Å². The van der Waals surface area contributed by atoms with E-state index >= 15 is 0 Å². The number of urea groups is 1. The van der Waals surface area contributed by atoms with Crippen molar-refractivity contribution in [2.75, 3.05) is 19.8 Å². The molecule has 4 amide bonds. The third-order valence-electron chi connectivity index (χ3n) is 6.69. The zero-order valence-corrected chi connectivity index (χ0v) is 22.0. The summed E-state index contributed by atoms with van der Waals surface area (Å²) in [7, 11) is -5.04. The number of hydrogen-bond donors (Lipinski definition) is 8. The summed E-state index contributed by atoms with van der Waals surface area (Å²) in [5.41, 5.74) is 5.53. The van der Waals surface area contributed by atoms with E-state index in [0.717, 1.165) is 16.1 Å². The minimum atomic E-state index is -5.04. The lowest BCUT2D eigenvalue weighted by Gasteiger charge is -2.32. The number of amides is 4. The maximum Gasteiger partial charge on any atom is 0.472 e. The van der Waals surface area contributed by atoms with E-state index in [2.05, 4.69) is 15.0 Å². The molecule has 5 aliphatic rings. The molecule has 0 aromatic rings. The van der Waals surface area contributed by atoms with Gasteiger partial charge in [-0.25, -0.2) is 9.36 Å². The minimum Gasteiger partial charge on any atom is -0.394 e. The number of nitrogens with one attached hydrogen (secondary N) is 1. The first-order chi connectivity index (χ1) is 18.9. The van der Waals surface area contributed by atoms with E-state index in [1.54, 1.807) is 0 Å². The zero-order valence-electron chi connectivity index (χ0n) is 21.1. The number of nitrogens with zero attached hydrogens (tertiary/aromatic N) is 5. The Morgan fingerprint density at radius 2 is 1.80 bits per heavy atom. The monoisotopic (exact) mass is 608 g/mol. The van der Waals surface area contributed by atoms with E-state index in [4.69, 9.17) is 24.3 Å². The molecule has 11 N–H and O–H groups in total. The smallest absolute Gasteiger partial charge is 0.394 e. The van der Waals surface area contributed by atoms with Gasteiger partial charge in [-0.15, -0.1) is 0 Å². The second kappa shape index (κ2) is 11.7. The number of rotatable bonds is 8. The Hall–Kier alpha value is -2.95. The van der Waals surface area contributed by atoms with Crippen LogP contribution in [-0.4, -0.2) is 146 Å². The molecule has 0 bridgehead atoms. The second-order valence-corrected chi connectivity index (χ2v) is 10.7. The highest BCUT2D eigenvalue weighted by Gasteiger charge is 2.53. The molecule has 0 aliphatic carbocycles. The molecule has 0 saturated carbocycles. The molecule has 5 heterocycles. The average molecular weight is 608 g/mol. The van der Waals surface area contributed by atoms with Crippen molar-refractivity contribution in [3.8, 4) is 0 Å². The lowest BCUT2D eigenvalue weighted by atomic mass is 10.1. The standard InChI is InChI=1S/C19H26N7O13P.H3N/c20-18-23-14-9(15(32)24-18)21-5-26(14)17-12(31)13(6(3-27)37-17)39-40(34,35)36-4-7-10(29)11(30)16(38-7)25-2-1-8(28)22-19(25)33;/h5-7,9-13,16-17,27,29-31H,1-4H2,(H,34,35)(H2,20,24,32)(H,22,28,33);1H3. The van der Waals surface area contributed by atoms with Gasteiger partial charge >= 0.3 is 13.9 Å². The quantitative estimate of drug-likeness (QED) is 0.120. The van der Waals surface area contributed by atoms with Crippen molar-refractivity contribution in [2.24, 2.45) is 20.7 Å². The summed E-state index contributed by atoms with van der Waals surface area (Å²) < 4.78 is 33.8. The van der Waals surface area contributed by atoms with Crippen LogP contribution in [0.15, 0.2) is 15.0 Å². The number of phosphoric acid groups is 1. The van der Waals surface area contributed by atoms with Crippen LogP contribution in [0, 0.1) is 0 Å². The van der Waals surface area contributed by atoms with Crippen LogP contribution in [0.4, 0.5) is 4.79 Å². The van der Waals surface area contributed by atoms with Crippen LogP contribution in [0.25, 0.3) is 0 Å². The van der Waals surface area contributed by atoms with Crippen LogP contribution in [-0.2, 0) is 32.7 Å². The number of nitrogens with two attached hydrogens (primary N) is 1. The van der Waals surface area contributed by atoms with Crippen molar-refractivity contribution < 1.29 is 62.8 Å². The lowest BCUT2D eigenvalue weighted by Crippen LogP contribution is -2.56. The highest BCUT2D eigenvalue weighted by molar-refractivity contribution is 7.47. The molecule has 0 aromatic heterocycles. The van der Waals surface area contributed by atoms with E-state index < -0.39 is 94.0 Å². The van der Waals surface area contributed by atoms with Crippen LogP contribution >= 0.6 is 7.82 Å². The fourth-order valence-corrected chi connectivity index (χ4v) is 5.70. The number of aliphatic imine (C=N–C) groups is 3. The average Bonchev–Trinajstić information content (AvgIpc) is 3.53. The Labute approximate surface area is 230 Å². The van der Waals surface area contributed by atoms with Crippen molar-refractivity contribution in [3.05, 3.63) is 0 Å². The predicted octanol–water partition coefficient (Wildman–Crippen LogP) is -4.92. The van der Waals surface area contributed by atoms with Crippen molar-refractivity contribution in [1.82, 2.24) is 21.3 Å². The van der Waals surface area contributed by atoms with E-state index in [0.29, 0.717) is 0 Å². The van der Waals surface area contributed by atoms with E-state index in [9.17, 15) is 44.3 Å². The lowest BCUT2D eigenvalue weighted by molar-refractivity contribution is -0.125. The molecular formula is C19H29N8O13P. The van der Waals surface area contributed by atoms with Crippen molar-refractivity contribution in [1.29, 1.82) is 0 Å². The molecule has 0 radical (unpaired) electrons. The number of fused-ring (bicyclic) bond motifs is 1. The molecule has 0 spiro atoms. The number of aliphatic hydroxyl groups is 4. The summed E-state index contributed by atoms with van der Waals surface area (Å²) in [6.45, 7) is -1.66. The molecule has 3 fully saturated rings. The summed E-state index contributed by atoms with van der Waals surface area (Å²) in [4.78, 5) is 59.3. The number of carbonyl (C=O) groups excluding carboxylic acids is 3. The van der Waals surface area contributed by atoms with E-state index in [-0.39, 0.29) is 30.9 Å². The molecule has 21 nitrogen and oxygen atoms in total. The molecular weight excluding hydrogens is 579 g/mol. The number of hydrogen-bond acceptors (Lipinski definition) is 17. The van der Waals surface area contributed by atoms with Crippen LogP contribution in [0.3, 0.4) is 0 Å². The highest BCUT2D eigenvalue weighted by atomic mass is 31.2. The van der Waals surface area contributed by atoms with Crippen LogP contribution in [0.1, 0.15) is 6.42 Å². The molecule has 5 rings (SSSR count). The van der Waals surface area contributed by atoms with Crippen molar-refractivity contribution >= 4 is 43.8 Å². The summed E-state index contributed by atoms with van der Waals surface area (Å²) in [5, 5.41) is 43.3. The van der Waals surface area contributed by atoms with Gasteiger partial charge in [-0.05, 0) is 0 Å². The number of phosphoric ester groups is 1. The Morgan fingerprint density at radius 1 is 1.10 bits per heavy atom. The third kappa shape index (κ3) is 5.87. The van der Waals surface area contributed by atoms with Crippen LogP contribution in [0.5, 0.6) is 0 Å². The first kappa shape index (κ1) is 31.0. The normalized spacial score (nSPS) is 38.3. The highest BCUT2D eigenvalue weighted by Crippen LogP contribution is 2.48. The van der Waals surface area contributed by atoms with Gasteiger partial charge in [0.15, 0.2) is 24.3 Å². The number of aliphatic hydroxyl groups excluding tert-OH is 4. The molecule has 5 aliphatic heterocycles. The largest absolute Gasteiger partial charge is 0.472 e. The SMILES string of the molecule is N.NC1=NC(=O)C2N=CN(C3OC(CO)C(OP(=O)(O)OCC4OC(N5CCC(=O)NC5=O)C(O)C4O)C3O)C2=N1. The minimum absolute atomic E-state index is 0. The number of imide groups is 1. The van der Waals surface area contributed by atoms with Gasteiger partial charge in [-0.2, -0.15) is 9.98 Å². The predicted molar refractivity (Wildman–Crippen MR) is 131 cm³/mol. The summed E-state index contributed by atoms with van der Waals surface area (Å²) >= 11 is 0. The van der Waals surface area contributed by atoms with Crippen LogP contribution in [0.2, 0.25) is 0 Å². The summed E-state index contributed by atoms with van der Waals surface area (Å²) in [6.07, 6.45) is -11.0. The maximum atomic E-state index is 12.7. The molecule has 10 unspecified atom stereocenters. The Bertz CT molecular complexity index is 1220. The first-order valence-electron chi connectivity index (χ1n) is 11.9. The second-order valence-electron chi connectivity index (χ2n) is 9.27.